The number of hydrogen-bond acceptors (Lipinski definition) is 7. The number of methoxy groups -OCH3 is 1. The molecule has 0 saturated carbocycles. The molecule has 34 heavy (non-hydrogen) atoms. The van der Waals surface area contributed by atoms with E-state index in [1.165, 1.54) is 18.4 Å². The Hall–Kier alpha value is -4.30. The summed E-state index contributed by atoms with van der Waals surface area (Å²) in [6, 6.07) is 20.4. The average Bonchev–Trinajstić information content (AvgIpc) is 3.41. The number of pyridine rings is 2. The molecule has 0 aliphatic rings. The third-order valence-corrected chi connectivity index (χ3v) is 6.28. The SMILES string of the molecule is COC(=O)c1nc(-c2nccs2)c2c(cc(-c3ccccc3)c(=O)n2Cc2ccccc2)c1O. The molecule has 0 amide bonds. The maximum atomic E-state index is 13.8. The van der Waals surface area contributed by atoms with Crippen molar-refractivity contribution in [3.8, 4) is 27.6 Å². The Labute approximate surface area is 198 Å². The van der Waals surface area contributed by atoms with E-state index in [0.29, 0.717) is 32.7 Å². The van der Waals surface area contributed by atoms with Gasteiger partial charge in [0, 0.05) is 22.5 Å². The third-order valence-electron chi connectivity index (χ3n) is 5.50. The second-order valence-electron chi connectivity index (χ2n) is 7.55. The van der Waals surface area contributed by atoms with E-state index < -0.39 is 5.97 Å². The Bertz CT molecular complexity index is 1550. The molecule has 0 aliphatic carbocycles. The van der Waals surface area contributed by atoms with Crippen LogP contribution in [0.25, 0.3) is 32.7 Å². The second kappa shape index (κ2) is 8.92. The van der Waals surface area contributed by atoms with E-state index in [-0.39, 0.29) is 23.5 Å². The number of aromatic nitrogens is 3. The van der Waals surface area contributed by atoms with Crippen molar-refractivity contribution in [3.05, 3.63) is 99.9 Å². The number of benzene rings is 2. The van der Waals surface area contributed by atoms with Gasteiger partial charge in [-0.3, -0.25) is 4.79 Å². The van der Waals surface area contributed by atoms with E-state index in [4.69, 9.17) is 4.74 Å². The zero-order valence-electron chi connectivity index (χ0n) is 18.1. The van der Waals surface area contributed by atoms with Gasteiger partial charge in [0.05, 0.1) is 19.2 Å². The minimum absolute atomic E-state index is 0.232. The first-order valence-electron chi connectivity index (χ1n) is 10.5. The smallest absolute Gasteiger partial charge is 0.360 e. The third kappa shape index (κ3) is 3.74. The fourth-order valence-electron chi connectivity index (χ4n) is 3.92. The number of carbonyl (C=O) groups is 1. The Morgan fingerprint density at radius 1 is 1.09 bits per heavy atom. The number of aromatic hydroxyl groups is 1. The molecule has 1 N–H and O–H groups in total. The predicted molar refractivity (Wildman–Crippen MR) is 131 cm³/mol. The van der Waals surface area contributed by atoms with Gasteiger partial charge in [-0.15, -0.1) is 11.3 Å². The summed E-state index contributed by atoms with van der Waals surface area (Å²) in [5.41, 5.74) is 2.24. The number of nitrogens with zero attached hydrogens (tertiary/aromatic N) is 3. The number of rotatable bonds is 5. The van der Waals surface area contributed by atoms with Crippen LogP contribution in [0.2, 0.25) is 0 Å². The van der Waals surface area contributed by atoms with E-state index in [0.717, 1.165) is 5.56 Å². The van der Waals surface area contributed by atoms with Crippen LogP contribution in [0.3, 0.4) is 0 Å². The summed E-state index contributed by atoms with van der Waals surface area (Å²) in [6.07, 6.45) is 1.62. The van der Waals surface area contributed by atoms with E-state index >= 15 is 0 Å². The number of fused-ring (bicyclic) bond motifs is 1. The highest BCUT2D eigenvalue weighted by Crippen LogP contribution is 2.37. The molecule has 168 valence electrons. The van der Waals surface area contributed by atoms with E-state index in [1.54, 1.807) is 22.2 Å². The highest BCUT2D eigenvalue weighted by atomic mass is 32.1. The van der Waals surface area contributed by atoms with Gasteiger partial charge in [-0.25, -0.2) is 14.8 Å². The van der Waals surface area contributed by atoms with Crippen LogP contribution in [0, 0.1) is 0 Å². The Kier molecular flexibility index (Phi) is 5.65. The molecule has 0 atom stereocenters. The van der Waals surface area contributed by atoms with Gasteiger partial charge in [0.25, 0.3) is 5.56 Å². The van der Waals surface area contributed by atoms with Crippen molar-refractivity contribution in [2.75, 3.05) is 7.11 Å². The topological polar surface area (TPSA) is 94.3 Å². The lowest BCUT2D eigenvalue weighted by Gasteiger charge is -2.17. The summed E-state index contributed by atoms with van der Waals surface area (Å²) in [5.74, 6) is -1.12. The first-order chi connectivity index (χ1) is 16.6. The van der Waals surface area contributed by atoms with Crippen molar-refractivity contribution in [3.63, 3.8) is 0 Å². The van der Waals surface area contributed by atoms with E-state index in [1.807, 2.05) is 60.7 Å². The number of ether oxygens (including phenoxy) is 1. The molecular formula is C26H19N3O4S. The molecule has 5 rings (SSSR count). The van der Waals surface area contributed by atoms with Crippen molar-refractivity contribution in [2.24, 2.45) is 0 Å². The molecule has 5 aromatic rings. The number of thiazole rings is 1. The molecule has 8 heteroatoms. The molecule has 0 radical (unpaired) electrons. The van der Waals surface area contributed by atoms with Crippen molar-refractivity contribution in [1.29, 1.82) is 0 Å². The zero-order chi connectivity index (χ0) is 23.7. The van der Waals surface area contributed by atoms with Crippen molar-refractivity contribution >= 4 is 28.2 Å². The normalized spacial score (nSPS) is 11.0. The molecule has 3 heterocycles. The van der Waals surface area contributed by atoms with Crippen LogP contribution < -0.4 is 5.56 Å². The lowest BCUT2D eigenvalue weighted by molar-refractivity contribution is 0.0591. The Morgan fingerprint density at radius 3 is 2.44 bits per heavy atom. The maximum Gasteiger partial charge on any atom is 0.360 e. The van der Waals surface area contributed by atoms with E-state index in [2.05, 4.69) is 9.97 Å². The van der Waals surface area contributed by atoms with Gasteiger partial charge < -0.3 is 14.4 Å². The van der Waals surface area contributed by atoms with Crippen LogP contribution in [-0.2, 0) is 11.3 Å². The summed E-state index contributed by atoms with van der Waals surface area (Å²) in [4.78, 5) is 35.1. The summed E-state index contributed by atoms with van der Waals surface area (Å²) >= 11 is 1.32. The fourth-order valence-corrected chi connectivity index (χ4v) is 4.54. The molecule has 7 nitrogen and oxygen atoms in total. The lowest BCUT2D eigenvalue weighted by Crippen LogP contribution is -2.24. The van der Waals surface area contributed by atoms with Crippen molar-refractivity contribution in [2.45, 2.75) is 6.54 Å². The standard InChI is InChI=1S/C26H19N3O4S/c1-33-26(32)21-23(30)19-14-18(17-10-6-3-7-11-17)25(31)29(15-16-8-4-2-5-9-16)22(19)20(28-21)24-27-12-13-34-24/h2-14,30H,15H2,1H3. The van der Waals surface area contributed by atoms with Crippen LogP contribution in [-0.4, -0.2) is 32.7 Å². The van der Waals surface area contributed by atoms with Crippen LogP contribution >= 0.6 is 11.3 Å². The largest absolute Gasteiger partial charge is 0.505 e. The molecular weight excluding hydrogens is 450 g/mol. The van der Waals surface area contributed by atoms with Gasteiger partial charge in [-0.1, -0.05) is 60.7 Å². The summed E-state index contributed by atoms with van der Waals surface area (Å²) in [7, 11) is 1.22. The minimum Gasteiger partial charge on any atom is -0.505 e. The Morgan fingerprint density at radius 2 is 1.79 bits per heavy atom. The van der Waals surface area contributed by atoms with Crippen LogP contribution in [0.5, 0.6) is 5.75 Å². The molecule has 0 fully saturated rings. The minimum atomic E-state index is -0.778. The van der Waals surface area contributed by atoms with E-state index in [9.17, 15) is 14.7 Å². The predicted octanol–water partition coefficient (Wildman–Crippen LogP) is 4.73. The average molecular weight is 470 g/mol. The molecule has 0 aliphatic heterocycles. The monoisotopic (exact) mass is 469 g/mol. The number of hydrogen-bond donors (Lipinski definition) is 1. The highest BCUT2D eigenvalue weighted by Gasteiger charge is 2.25. The van der Waals surface area contributed by atoms with Gasteiger partial charge in [0.1, 0.15) is 10.7 Å². The molecule has 0 unspecified atom stereocenters. The van der Waals surface area contributed by atoms with Crippen LogP contribution in [0.1, 0.15) is 16.1 Å². The van der Waals surface area contributed by atoms with Crippen LogP contribution in [0.4, 0.5) is 0 Å². The highest BCUT2D eigenvalue weighted by molar-refractivity contribution is 7.13. The van der Waals surface area contributed by atoms with Gasteiger partial charge in [0.15, 0.2) is 11.4 Å². The quantitative estimate of drug-likeness (QED) is 0.374. The van der Waals surface area contributed by atoms with Crippen LogP contribution in [0.15, 0.2) is 83.1 Å². The zero-order valence-corrected chi connectivity index (χ0v) is 19.0. The summed E-state index contributed by atoms with van der Waals surface area (Å²) in [6.45, 7) is 0.244. The molecule has 2 aromatic carbocycles. The maximum absolute atomic E-state index is 13.8. The lowest BCUT2D eigenvalue weighted by atomic mass is 10.0. The fraction of sp³-hybridized carbons (Fsp3) is 0.0769. The molecule has 0 bridgehead atoms. The van der Waals surface area contributed by atoms with Gasteiger partial charge >= 0.3 is 5.97 Å². The first-order valence-corrected chi connectivity index (χ1v) is 11.3. The van der Waals surface area contributed by atoms with Gasteiger partial charge in [0.2, 0.25) is 0 Å². The van der Waals surface area contributed by atoms with Gasteiger partial charge in [-0.2, -0.15) is 0 Å². The summed E-state index contributed by atoms with van der Waals surface area (Å²) < 4.78 is 6.44. The summed E-state index contributed by atoms with van der Waals surface area (Å²) in [5, 5.41) is 13.7. The number of carbonyl (C=O) groups excluding carboxylic acids is 1. The molecule has 0 saturated heterocycles. The Balaban J connectivity index is 1.93. The molecule has 3 aromatic heterocycles. The molecule has 0 spiro atoms. The first kappa shape index (κ1) is 21.5. The van der Waals surface area contributed by atoms with Crippen molar-refractivity contribution < 1.29 is 14.6 Å². The van der Waals surface area contributed by atoms with Crippen molar-refractivity contribution in [1.82, 2.24) is 14.5 Å². The second-order valence-corrected chi connectivity index (χ2v) is 8.44. The van der Waals surface area contributed by atoms with Gasteiger partial charge in [-0.05, 0) is 17.2 Å². The number of esters is 1.